The molecule has 0 bridgehead atoms. The molecule has 2 aromatic rings. The van der Waals surface area contributed by atoms with Crippen LogP contribution >= 0.6 is 36.2 Å². The summed E-state index contributed by atoms with van der Waals surface area (Å²) >= 11 is 1.46. The number of hydrogen-bond donors (Lipinski definition) is 2. The number of nitrogens with zero attached hydrogens (tertiary/aromatic N) is 4. The molecule has 2 aliphatic heterocycles. The average molecular weight is 586 g/mol. The van der Waals surface area contributed by atoms with E-state index in [4.69, 9.17) is 10.5 Å². The highest BCUT2D eigenvalue weighted by atomic mass is 35.5. The van der Waals surface area contributed by atoms with Crippen molar-refractivity contribution >= 4 is 59.6 Å². The van der Waals surface area contributed by atoms with E-state index in [-0.39, 0.29) is 49.8 Å². The number of aromatic nitrogens is 1. The number of likely N-dealkylation sites (tertiary alicyclic amines) is 1. The standard InChI is InChI=1S/C25H32N6O4S.2ClH/c1-24(2,26)22(33)28-19(13-35-12-17-7-5-4-6-8-17)21(32)31-10-9-20-25(15-31,23(34)30(3)29-20)11-18-14-36-16-27-18;;/h4-8,14,16,19H,9-13,15,26H2,1-3H3,(H,28,33);2*1H/t19-,25?;;/m1../s1. The molecule has 13 heteroatoms. The van der Waals surface area contributed by atoms with Crippen molar-refractivity contribution in [3.05, 3.63) is 52.5 Å². The molecule has 0 aliphatic carbocycles. The molecule has 1 saturated heterocycles. The molecule has 0 saturated carbocycles. The van der Waals surface area contributed by atoms with Crippen molar-refractivity contribution in [1.82, 2.24) is 20.2 Å². The molecule has 1 aromatic carbocycles. The Morgan fingerprint density at radius 2 is 1.97 bits per heavy atom. The molecular formula is C25H34Cl2N6O4S. The second-order valence-electron chi connectivity index (χ2n) is 9.87. The molecule has 4 rings (SSSR count). The molecule has 0 spiro atoms. The Morgan fingerprint density at radius 1 is 1.26 bits per heavy atom. The lowest BCUT2D eigenvalue weighted by Gasteiger charge is -2.40. The molecule has 3 amide bonds. The molecule has 10 nitrogen and oxygen atoms in total. The van der Waals surface area contributed by atoms with Crippen LogP contribution in [0.1, 0.15) is 31.5 Å². The third kappa shape index (κ3) is 6.89. The van der Waals surface area contributed by atoms with Crippen molar-refractivity contribution in [2.75, 3.05) is 26.7 Å². The molecule has 0 radical (unpaired) electrons. The monoisotopic (exact) mass is 584 g/mol. The first-order valence-corrected chi connectivity index (χ1v) is 12.8. The van der Waals surface area contributed by atoms with E-state index in [0.29, 0.717) is 26.0 Å². The van der Waals surface area contributed by atoms with E-state index in [2.05, 4.69) is 15.4 Å². The topological polar surface area (TPSA) is 130 Å². The third-order valence-corrected chi connectivity index (χ3v) is 7.10. The minimum Gasteiger partial charge on any atom is -0.374 e. The summed E-state index contributed by atoms with van der Waals surface area (Å²) in [6.45, 7) is 3.96. The average Bonchev–Trinajstić information content (AvgIpc) is 3.44. The number of halogens is 2. The number of rotatable bonds is 9. The van der Waals surface area contributed by atoms with Crippen LogP contribution in [0.2, 0.25) is 0 Å². The van der Waals surface area contributed by atoms with E-state index in [9.17, 15) is 14.4 Å². The van der Waals surface area contributed by atoms with Crippen LogP contribution in [0.15, 0.2) is 46.3 Å². The summed E-state index contributed by atoms with van der Waals surface area (Å²) in [5.41, 5.74) is 8.06. The smallest absolute Gasteiger partial charge is 0.256 e. The predicted octanol–water partition coefficient (Wildman–Crippen LogP) is 2.01. The van der Waals surface area contributed by atoms with E-state index >= 15 is 0 Å². The van der Waals surface area contributed by atoms with E-state index in [1.807, 2.05) is 35.7 Å². The SMILES string of the molecule is CN1N=C2CCN(C(=O)[C@@H](COCc3ccccc3)NC(=O)C(C)(C)N)CC2(Cc2cscn2)C1=O.Cl.Cl. The zero-order valence-electron chi connectivity index (χ0n) is 21.6. The van der Waals surface area contributed by atoms with Crippen LogP contribution in [0.4, 0.5) is 0 Å². The van der Waals surface area contributed by atoms with Gasteiger partial charge in [-0.05, 0) is 19.4 Å². The van der Waals surface area contributed by atoms with Crippen LogP contribution in [-0.4, -0.2) is 76.7 Å². The summed E-state index contributed by atoms with van der Waals surface area (Å²) in [6.07, 6.45) is 0.819. The summed E-state index contributed by atoms with van der Waals surface area (Å²) < 4.78 is 5.83. The molecule has 3 heterocycles. The highest BCUT2D eigenvalue weighted by Gasteiger charge is 2.54. The number of carbonyl (C=O) groups is 3. The van der Waals surface area contributed by atoms with Gasteiger partial charge in [0.25, 0.3) is 5.91 Å². The van der Waals surface area contributed by atoms with Crippen molar-refractivity contribution in [3.8, 4) is 0 Å². The molecule has 2 atom stereocenters. The van der Waals surface area contributed by atoms with Gasteiger partial charge in [-0.3, -0.25) is 14.4 Å². The third-order valence-electron chi connectivity index (χ3n) is 6.47. The van der Waals surface area contributed by atoms with E-state index in [1.54, 1.807) is 31.3 Å². The van der Waals surface area contributed by atoms with Gasteiger partial charge in [0.05, 0.1) is 35.7 Å². The summed E-state index contributed by atoms with van der Waals surface area (Å²) in [6, 6.07) is 8.63. The molecular weight excluding hydrogens is 551 g/mol. The van der Waals surface area contributed by atoms with Gasteiger partial charge < -0.3 is 20.7 Å². The Hall–Kier alpha value is -2.57. The second-order valence-corrected chi connectivity index (χ2v) is 10.6. The Morgan fingerprint density at radius 3 is 2.61 bits per heavy atom. The van der Waals surface area contributed by atoms with Gasteiger partial charge >= 0.3 is 0 Å². The summed E-state index contributed by atoms with van der Waals surface area (Å²) in [7, 11) is 1.63. The first-order valence-electron chi connectivity index (χ1n) is 11.8. The number of piperidine rings is 1. The number of nitrogens with one attached hydrogen (secondary N) is 1. The van der Waals surface area contributed by atoms with E-state index in [1.165, 1.54) is 16.3 Å². The number of fused-ring (bicyclic) bond motifs is 1. The normalized spacial score (nSPS) is 19.6. The zero-order chi connectivity index (χ0) is 25.9. The minimum absolute atomic E-state index is 0. The number of benzene rings is 1. The van der Waals surface area contributed by atoms with Crippen molar-refractivity contribution in [1.29, 1.82) is 0 Å². The zero-order valence-corrected chi connectivity index (χ0v) is 24.0. The number of carbonyl (C=O) groups excluding carboxylic acids is 3. The van der Waals surface area contributed by atoms with Crippen LogP contribution in [0.3, 0.4) is 0 Å². The fourth-order valence-electron chi connectivity index (χ4n) is 4.51. The van der Waals surface area contributed by atoms with Crippen molar-refractivity contribution < 1.29 is 19.1 Å². The maximum absolute atomic E-state index is 13.7. The lowest BCUT2D eigenvalue weighted by atomic mass is 9.74. The summed E-state index contributed by atoms with van der Waals surface area (Å²) in [5.74, 6) is -0.941. The minimum atomic E-state index is -1.17. The number of ether oxygens (including phenoxy) is 1. The lowest BCUT2D eigenvalue weighted by Crippen LogP contribution is -2.61. The Labute approximate surface area is 238 Å². The first-order chi connectivity index (χ1) is 17.1. The van der Waals surface area contributed by atoms with Gasteiger partial charge in [0.15, 0.2) is 0 Å². The molecule has 1 aromatic heterocycles. The van der Waals surface area contributed by atoms with Gasteiger partial charge in [-0.15, -0.1) is 36.2 Å². The van der Waals surface area contributed by atoms with Crippen molar-refractivity contribution in [2.24, 2.45) is 16.3 Å². The Balaban J connectivity index is 0.00000253. The van der Waals surface area contributed by atoms with Crippen LogP contribution in [0, 0.1) is 5.41 Å². The molecule has 1 fully saturated rings. The predicted molar refractivity (Wildman–Crippen MR) is 150 cm³/mol. The van der Waals surface area contributed by atoms with Crippen LogP contribution in [0.5, 0.6) is 0 Å². The lowest BCUT2D eigenvalue weighted by molar-refractivity contribution is -0.143. The second kappa shape index (κ2) is 13.0. The maximum atomic E-state index is 13.7. The largest absolute Gasteiger partial charge is 0.374 e. The Kier molecular flexibility index (Phi) is 10.8. The van der Waals surface area contributed by atoms with Gasteiger partial charge in [-0.2, -0.15) is 5.10 Å². The van der Waals surface area contributed by atoms with Crippen LogP contribution in [0.25, 0.3) is 0 Å². The highest BCUT2D eigenvalue weighted by Crippen LogP contribution is 2.38. The van der Waals surface area contributed by atoms with Gasteiger partial charge in [-0.25, -0.2) is 9.99 Å². The van der Waals surface area contributed by atoms with Crippen molar-refractivity contribution in [2.45, 2.75) is 44.9 Å². The van der Waals surface area contributed by atoms with Gasteiger partial charge in [0, 0.05) is 38.4 Å². The summed E-state index contributed by atoms with van der Waals surface area (Å²) in [4.78, 5) is 45.7. The fraction of sp³-hybridized carbons (Fsp3) is 0.480. The summed E-state index contributed by atoms with van der Waals surface area (Å²) in [5, 5.41) is 10.5. The molecule has 208 valence electrons. The molecule has 3 N–H and O–H groups in total. The highest BCUT2D eigenvalue weighted by molar-refractivity contribution is 7.07. The van der Waals surface area contributed by atoms with Gasteiger partial charge in [0.1, 0.15) is 11.5 Å². The molecule has 2 aliphatic rings. The van der Waals surface area contributed by atoms with E-state index < -0.39 is 22.9 Å². The Bertz CT molecular complexity index is 1140. The number of thiazole rings is 1. The van der Waals surface area contributed by atoms with Gasteiger partial charge in [0.2, 0.25) is 11.8 Å². The quantitative estimate of drug-likeness (QED) is 0.463. The van der Waals surface area contributed by atoms with Gasteiger partial charge in [-0.1, -0.05) is 30.3 Å². The van der Waals surface area contributed by atoms with Crippen LogP contribution in [-0.2, 0) is 32.1 Å². The number of amides is 3. The number of hydrogen-bond acceptors (Lipinski definition) is 8. The maximum Gasteiger partial charge on any atom is 0.256 e. The van der Waals surface area contributed by atoms with E-state index in [0.717, 1.165) is 17.0 Å². The molecule has 1 unspecified atom stereocenters. The fourth-order valence-corrected chi connectivity index (χ4v) is 5.07. The number of hydrazone groups is 1. The van der Waals surface area contributed by atoms with Crippen molar-refractivity contribution in [3.63, 3.8) is 0 Å². The first kappa shape index (κ1) is 31.6. The van der Waals surface area contributed by atoms with Crippen LogP contribution < -0.4 is 11.1 Å². The molecule has 38 heavy (non-hydrogen) atoms. The number of nitrogens with two attached hydrogens (primary N) is 1.